The number of ketones is 1. The van der Waals surface area contributed by atoms with Crippen molar-refractivity contribution < 1.29 is 24.2 Å². The quantitative estimate of drug-likeness (QED) is 0.688. The molecular formula is C11H17NO5. The summed E-state index contributed by atoms with van der Waals surface area (Å²) in [5.41, 5.74) is -0.800. The van der Waals surface area contributed by atoms with Crippen molar-refractivity contribution in [2.24, 2.45) is 0 Å². The van der Waals surface area contributed by atoms with Crippen LogP contribution in [0.15, 0.2) is 0 Å². The molecule has 0 aliphatic carbocycles. The van der Waals surface area contributed by atoms with Gasteiger partial charge in [-0.05, 0) is 19.8 Å². The van der Waals surface area contributed by atoms with E-state index in [1.54, 1.807) is 6.92 Å². The van der Waals surface area contributed by atoms with Gasteiger partial charge in [0.05, 0.1) is 18.8 Å². The number of rotatable bonds is 5. The van der Waals surface area contributed by atoms with Crippen LogP contribution in [-0.2, 0) is 14.3 Å². The molecule has 1 amide bonds. The van der Waals surface area contributed by atoms with Crippen LogP contribution in [0.5, 0.6) is 0 Å². The van der Waals surface area contributed by atoms with E-state index in [1.165, 1.54) is 0 Å². The lowest BCUT2D eigenvalue weighted by atomic mass is 9.95. The van der Waals surface area contributed by atoms with E-state index in [0.29, 0.717) is 19.6 Å². The van der Waals surface area contributed by atoms with Crippen molar-refractivity contribution in [3.63, 3.8) is 0 Å². The van der Waals surface area contributed by atoms with Gasteiger partial charge in [0.15, 0.2) is 5.78 Å². The minimum atomic E-state index is -1.19. The molecule has 2 rings (SSSR count). The zero-order valence-corrected chi connectivity index (χ0v) is 9.77. The van der Waals surface area contributed by atoms with Crippen LogP contribution in [0, 0.1) is 0 Å². The summed E-state index contributed by atoms with van der Waals surface area (Å²) in [5, 5.41) is 11.0. The minimum absolute atomic E-state index is 0.0295. The van der Waals surface area contributed by atoms with E-state index in [9.17, 15) is 9.59 Å². The van der Waals surface area contributed by atoms with Gasteiger partial charge >= 0.3 is 6.09 Å². The third-order valence-corrected chi connectivity index (χ3v) is 3.24. The highest BCUT2D eigenvalue weighted by atomic mass is 16.6. The minimum Gasteiger partial charge on any atom is -0.465 e. The molecule has 2 saturated heterocycles. The number of carboxylic acid groups (broad SMARTS) is 1. The fourth-order valence-corrected chi connectivity index (χ4v) is 2.09. The zero-order valence-electron chi connectivity index (χ0n) is 9.77. The zero-order chi connectivity index (χ0) is 12.5. The second-order valence-corrected chi connectivity index (χ2v) is 4.76. The highest BCUT2D eigenvalue weighted by molar-refractivity contribution is 5.95. The van der Waals surface area contributed by atoms with Gasteiger partial charge in [-0.15, -0.1) is 0 Å². The SMILES string of the molecule is C[C@]1(C(=O)[C@H](C[C@H]2CCCO2)NC(=O)O)CO1. The molecule has 2 fully saturated rings. The first-order valence-corrected chi connectivity index (χ1v) is 5.80. The molecule has 6 heteroatoms. The molecule has 0 unspecified atom stereocenters. The topological polar surface area (TPSA) is 88.2 Å². The average molecular weight is 243 g/mol. The van der Waals surface area contributed by atoms with E-state index in [0.717, 1.165) is 12.8 Å². The third kappa shape index (κ3) is 2.95. The van der Waals surface area contributed by atoms with Gasteiger partial charge < -0.3 is 19.9 Å². The van der Waals surface area contributed by atoms with E-state index in [2.05, 4.69) is 5.32 Å². The number of ether oxygens (including phenoxy) is 2. The summed E-state index contributed by atoms with van der Waals surface area (Å²) in [4.78, 5) is 22.7. The van der Waals surface area contributed by atoms with Crippen LogP contribution in [0.3, 0.4) is 0 Å². The molecule has 6 nitrogen and oxygen atoms in total. The summed E-state index contributed by atoms with van der Waals surface area (Å²) in [6.07, 6.45) is 1.02. The molecule has 2 N–H and O–H groups in total. The Bertz CT molecular complexity index is 320. The van der Waals surface area contributed by atoms with Crippen molar-refractivity contribution in [1.82, 2.24) is 5.32 Å². The Morgan fingerprint density at radius 1 is 1.59 bits per heavy atom. The standard InChI is InChI=1S/C11H17NO5/c1-11(6-17-11)9(13)8(12-10(14)15)5-7-3-2-4-16-7/h7-8,12H,2-6H2,1H3,(H,14,15)/t7-,8+,11-/m1/s1. The smallest absolute Gasteiger partial charge is 0.405 e. The highest BCUT2D eigenvalue weighted by Gasteiger charge is 2.50. The van der Waals surface area contributed by atoms with Crippen molar-refractivity contribution in [3.05, 3.63) is 0 Å². The number of carbonyl (C=O) groups excluding carboxylic acids is 1. The van der Waals surface area contributed by atoms with Crippen LogP contribution in [-0.4, -0.2) is 47.9 Å². The van der Waals surface area contributed by atoms with Gasteiger partial charge in [-0.25, -0.2) is 4.79 Å². The Morgan fingerprint density at radius 3 is 2.76 bits per heavy atom. The Balaban J connectivity index is 1.96. The maximum absolute atomic E-state index is 12.0. The third-order valence-electron chi connectivity index (χ3n) is 3.24. The summed E-state index contributed by atoms with van der Waals surface area (Å²) in [7, 11) is 0. The molecule has 0 aromatic carbocycles. The molecule has 2 aliphatic rings. The summed E-state index contributed by atoms with van der Waals surface area (Å²) < 4.78 is 10.5. The molecule has 0 bridgehead atoms. The van der Waals surface area contributed by atoms with E-state index >= 15 is 0 Å². The predicted molar refractivity (Wildman–Crippen MR) is 57.9 cm³/mol. The summed E-state index contributed by atoms with van der Waals surface area (Å²) >= 11 is 0. The second kappa shape index (κ2) is 4.62. The molecule has 0 radical (unpaired) electrons. The molecule has 3 atom stereocenters. The number of hydrogen-bond donors (Lipinski definition) is 2. The molecule has 17 heavy (non-hydrogen) atoms. The van der Waals surface area contributed by atoms with Crippen molar-refractivity contribution in [2.75, 3.05) is 13.2 Å². The van der Waals surface area contributed by atoms with Gasteiger partial charge in [0.2, 0.25) is 0 Å². The summed E-state index contributed by atoms with van der Waals surface area (Å²) in [6.45, 7) is 2.74. The Morgan fingerprint density at radius 2 is 2.29 bits per heavy atom. The average Bonchev–Trinajstić information content (AvgIpc) is 2.80. The first-order valence-electron chi connectivity index (χ1n) is 5.80. The fourth-order valence-electron chi connectivity index (χ4n) is 2.09. The Kier molecular flexibility index (Phi) is 3.35. The fraction of sp³-hybridized carbons (Fsp3) is 0.818. The molecule has 0 saturated carbocycles. The number of nitrogens with one attached hydrogen (secondary N) is 1. The van der Waals surface area contributed by atoms with Crippen molar-refractivity contribution >= 4 is 11.9 Å². The van der Waals surface area contributed by atoms with Crippen molar-refractivity contribution in [1.29, 1.82) is 0 Å². The molecular weight excluding hydrogens is 226 g/mol. The highest BCUT2D eigenvalue weighted by Crippen LogP contribution is 2.30. The first kappa shape index (κ1) is 12.3. The van der Waals surface area contributed by atoms with E-state index in [-0.39, 0.29) is 11.9 Å². The van der Waals surface area contributed by atoms with Crippen LogP contribution in [0.2, 0.25) is 0 Å². The van der Waals surface area contributed by atoms with E-state index in [1.807, 2.05) is 0 Å². The lowest BCUT2D eigenvalue weighted by Crippen LogP contribution is -2.47. The van der Waals surface area contributed by atoms with Gasteiger partial charge in [0.25, 0.3) is 0 Å². The predicted octanol–water partition coefficient (Wildman–Crippen LogP) is 0.550. The van der Waals surface area contributed by atoms with E-state index in [4.69, 9.17) is 14.6 Å². The van der Waals surface area contributed by atoms with E-state index < -0.39 is 17.7 Å². The van der Waals surface area contributed by atoms with Crippen LogP contribution in [0.25, 0.3) is 0 Å². The number of amides is 1. The van der Waals surface area contributed by atoms with Crippen LogP contribution in [0.1, 0.15) is 26.2 Å². The number of epoxide rings is 1. The molecule has 2 aliphatic heterocycles. The summed E-state index contributed by atoms with van der Waals surface area (Å²) in [6, 6.07) is -0.733. The lowest BCUT2D eigenvalue weighted by Gasteiger charge is -2.20. The number of Topliss-reactive ketones (excluding diaryl/α,β-unsaturated/α-hetero) is 1. The second-order valence-electron chi connectivity index (χ2n) is 4.76. The molecule has 2 heterocycles. The molecule has 96 valence electrons. The molecule has 0 aromatic rings. The van der Waals surface area contributed by atoms with Crippen LogP contribution >= 0.6 is 0 Å². The lowest BCUT2D eigenvalue weighted by molar-refractivity contribution is -0.126. The molecule has 0 aromatic heterocycles. The largest absolute Gasteiger partial charge is 0.465 e. The van der Waals surface area contributed by atoms with Gasteiger partial charge in [-0.1, -0.05) is 0 Å². The maximum Gasteiger partial charge on any atom is 0.405 e. The number of hydrogen-bond acceptors (Lipinski definition) is 4. The molecule has 0 spiro atoms. The van der Waals surface area contributed by atoms with Gasteiger partial charge in [-0.2, -0.15) is 0 Å². The maximum atomic E-state index is 12.0. The normalized spacial score (nSPS) is 33.1. The Hall–Kier alpha value is -1.14. The Labute approximate surface area is 99.3 Å². The van der Waals surface area contributed by atoms with Crippen LogP contribution < -0.4 is 5.32 Å². The van der Waals surface area contributed by atoms with Gasteiger partial charge in [-0.3, -0.25) is 4.79 Å². The van der Waals surface area contributed by atoms with Crippen molar-refractivity contribution in [2.45, 2.75) is 43.9 Å². The van der Waals surface area contributed by atoms with Gasteiger partial charge in [0.1, 0.15) is 5.60 Å². The van der Waals surface area contributed by atoms with Crippen LogP contribution in [0.4, 0.5) is 4.79 Å². The monoisotopic (exact) mass is 243 g/mol. The number of carbonyl (C=O) groups is 2. The summed E-state index contributed by atoms with van der Waals surface area (Å²) in [5.74, 6) is -0.199. The van der Waals surface area contributed by atoms with Crippen molar-refractivity contribution in [3.8, 4) is 0 Å². The van der Waals surface area contributed by atoms with Gasteiger partial charge in [0, 0.05) is 13.0 Å². The first-order chi connectivity index (χ1) is 8.01.